The van der Waals surface area contributed by atoms with E-state index >= 15 is 0 Å². The normalized spacial score (nSPS) is 22.4. The van der Waals surface area contributed by atoms with Crippen LogP contribution in [0.4, 0.5) is 0 Å². The number of carbonyl (C=O) groups excluding carboxylic acids is 1. The van der Waals surface area contributed by atoms with Gasteiger partial charge in [0.15, 0.2) is 6.10 Å². The van der Waals surface area contributed by atoms with Gasteiger partial charge in [-0.15, -0.1) is 12.4 Å². The van der Waals surface area contributed by atoms with E-state index in [2.05, 4.69) is 5.32 Å². The Morgan fingerprint density at radius 1 is 1.32 bits per heavy atom. The molecule has 0 spiro atoms. The SMILES string of the molecule is CC(Oc1cccc(Cl)c1Cl)C(=O)NC1CCC(N)CC1.Cl. The maximum Gasteiger partial charge on any atom is 0.260 e. The Morgan fingerprint density at radius 2 is 1.95 bits per heavy atom. The van der Waals surface area contributed by atoms with E-state index in [1.54, 1.807) is 25.1 Å². The van der Waals surface area contributed by atoms with Crippen molar-refractivity contribution in [2.24, 2.45) is 5.73 Å². The fourth-order valence-electron chi connectivity index (χ4n) is 2.40. The van der Waals surface area contributed by atoms with Crippen molar-refractivity contribution in [1.82, 2.24) is 5.32 Å². The number of ether oxygens (including phenoxy) is 1. The second-order valence-electron chi connectivity index (χ2n) is 5.43. The average molecular weight is 368 g/mol. The molecule has 0 aromatic heterocycles. The highest BCUT2D eigenvalue weighted by molar-refractivity contribution is 6.42. The van der Waals surface area contributed by atoms with Crippen LogP contribution in [0.1, 0.15) is 32.6 Å². The molecule has 1 aromatic rings. The van der Waals surface area contributed by atoms with Gasteiger partial charge in [-0.3, -0.25) is 4.79 Å². The molecule has 2 rings (SSSR count). The number of halogens is 3. The summed E-state index contributed by atoms with van der Waals surface area (Å²) in [5.74, 6) is 0.268. The van der Waals surface area contributed by atoms with Crippen LogP contribution in [0.2, 0.25) is 10.0 Å². The van der Waals surface area contributed by atoms with Crippen molar-refractivity contribution in [2.45, 2.75) is 50.8 Å². The molecule has 22 heavy (non-hydrogen) atoms. The first-order chi connectivity index (χ1) is 9.97. The molecular weight excluding hydrogens is 347 g/mol. The van der Waals surface area contributed by atoms with Crippen molar-refractivity contribution in [3.05, 3.63) is 28.2 Å². The topological polar surface area (TPSA) is 64.3 Å². The second-order valence-corrected chi connectivity index (χ2v) is 6.22. The highest BCUT2D eigenvalue weighted by Gasteiger charge is 2.23. The predicted octanol–water partition coefficient (Wildman–Crippen LogP) is 3.57. The highest BCUT2D eigenvalue weighted by Crippen LogP contribution is 2.32. The summed E-state index contributed by atoms with van der Waals surface area (Å²) < 4.78 is 5.60. The van der Waals surface area contributed by atoms with Crippen LogP contribution in [-0.2, 0) is 4.79 Å². The van der Waals surface area contributed by atoms with Gasteiger partial charge in [-0.25, -0.2) is 0 Å². The van der Waals surface area contributed by atoms with Crippen LogP contribution >= 0.6 is 35.6 Å². The van der Waals surface area contributed by atoms with Gasteiger partial charge in [0.25, 0.3) is 5.91 Å². The first-order valence-corrected chi connectivity index (χ1v) is 7.89. The minimum atomic E-state index is -0.628. The van der Waals surface area contributed by atoms with E-state index in [-0.39, 0.29) is 30.4 Å². The lowest BCUT2D eigenvalue weighted by Gasteiger charge is -2.28. The minimum absolute atomic E-state index is 0. The number of amides is 1. The van der Waals surface area contributed by atoms with Crippen LogP contribution in [0, 0.1) is 0 Å². The zero-order valence-electron chi connectivity index (χ0n) is 12.4. The molecule has 1 aromatic carbocycles. The Bertz CT molecular complexity index is 506. The lowest BCUT2D eigenvalue weighted by atomic mass is 9.92. The lowest BCUT2D eigenvalue weighted by molar-refractivity contribution is -0.128. The summed E-state index contributed by atoms with van der Waals surface area (Å²) in [4.78, 5) is 12.1. The molecule has 3 N–H and O–H groups in total. The fourth-order valence-corrected chi connectivity index (χ4v) is 2.74. The van der Waals surface area contributed by atoms with Crippen LogP contribution in [-0.4, -0.2) is 24.1 Å². The minimum Gasteiger partial charge on any atom is -0.479 e. The molecule has 1 aliphatic rings. The van der Waals surface area contributed by atoms with Crippen LogP contribution in [0.15, 0.2) is 18.2 Å². The molecule has 1 aliphatic carbocycles. The lowest BCUT2D eigenvalue weighted by Crippen LogP contribution is -2.45. The van der Waals surface area contributed by atoms with Crippen molar-refractivity contribution < 1.29 is 9.53 Å². The number of hydrogen-bond acceptors (Lipinski definition) is 3. The van der Waals surface area contributed by atoms with E-state index < -0.39 is 6.10 Å². The third kappa shape index (κ3) is 5.20. The number of nitrogens with two attached hydrogens (primary N) is 1. The van der Waals surface area contributed by atoms with E-state index in [4.69, 9.17) is 33.7 Å². The van der Waals surface area contributed by atoms with E-state index in [1.807, 2.05) is 0 Å². The Morgan fingerprint density at radius 3 is 2.59 bits per heavy atom. The first kappa shape index (κ1) is 19.4. The van der Waals surface area contributed by atoms with Gasteiger partial charge in [-0.05, 0) is 44.7 Å². The molecule has 0 heterocycles. The summed E-state index contributed by atoms with van der Waals surface area (Å²) in [5, 5.41) is 3.73. The summed E-state index contributed by atoms with van der Waals surface area (Å²) in [6.07, 6.45) is 3.09. The molecule has 7 heteroatoms. The number of rotatable bonds is 4. The van der Waals surface area contributed by atoms with Crippen molar-refractivity contribution in [3.8, 4) is 5.75 Å². The Kier molecular flexibility index (Phi) is 7.77. The summed E-state index contributed by atoms with van der Waals surface area (Å²) in [5.41, 5.74) is 5.86. The summed E-state index contributed by atoms with van der Waals surface area (Å²) in [6, 6.07) is 5.54. The smallest absolute Gasteiger partial charge is 0.260 e. The van der Waals surface area contributed by atoms with Crippen LogP contribution in [0.25, 0.3) is 0 Å². The molecule has 0 aliphatic heterocycles. The van der Waals surface area contributed by atoms with Gasteiger partial charge in [0.05, 0.1) is 5.02 Å². The van der Waals surface area contributed by atoms with E-state index in [0.29, 0.717) is 15.8 Å². The molecule has 0 radical (unpaired) electrons. The summed E-state index contributed by atoms with van der Waals surface area (Å²) >= 11 is 12.0. The zero-order valence-corrected chi connectivity index (χ0v) is 14.7. The monoisotopic (exact) mass is 366 g/mol. The fraction of sp³-hybridized carbons (Fsp3) is 0.533. The van der Waals surface area contributed by atoms with Gasteiger partial charge in [-0.1, -0.05) is 29.3 Å². The Balaban J connectivity index is 0.00000242. The molecule has 1 amide bonds. The standard InChI is InChI=1S/C15H20Cl2N2O2.ClH/c1-9(21-13-4-2-3-12(16)14(13)17)15(20)19-11-7-5-10(18)6-8-11;/h2-4,9-11H,5-8,18H2,1H3,(H,19,20);1H. The van der Waals surface area contributed by atoms with Gasteiger partial charge in [0.1, 0.15) is 10.8 Å². The van der Waals surface area contributed by atoms with Gasteiger partial charge in [0, 0.05) is 12.1 Å². The average Bonchev–Trinajstić information content (AvgIpc) is 2.46. The molecule has 4 nitrogen and oxygen atoms in total. The molecule has 124 valence electrons. The molecular formula is C15H21Cl3N2O2. The van der Waals surface area contributed by atoms with Gasteiger partial charge in [0.2, 0.25) is 0 Å². The van der Waals surface area contributed by atoms with Crippen LogP contribution in [0.3, 0.4) is 0 Å². The molecule has 0 saturated heterocycles. The van der Waals surface area contributed by atoms with Crippen molar-refractivity contribution in [1.29, 1.82) is 0 Å². The maximum atomic E-state index is 12.1. The predicted molar refractivity (Wildman–Crippen MR) is 92.2 cm³/mol. The summed E-state index contributed by atoms with van der Waals surface area (Å²) in [7, 11) is 0. The molecule has 0 bridgehead atoms. The number of carbonyl (C=O) groups is 1. The quantitative estimate of drug-likeness (QED) is 0.855. The van der Waals surface area contributed by atoms with E-state index in [9.17, 15) is 4.79 Å². The third-order valence-electron chi connectivity index (χ3n) is 3.71. The number of benzene rings is 1. The number of hydrogen-bond donors (Lipinski definition) is 2. The van der Waals surface area contributed by atoms with Crippen molar-refractivity contribution in [3.63, 3.8) is 0 Å². The molecule has 1 fully saturated rings. The maximum absolute atomic E-state index is 12.1. The summed E-state index contributed by atoms with van der Waals surface area (Å²) in [6.45, 7) is 1.70. The van der Waals surface area contributed by atoms with Gasteiger partial charge < -0.3 is 15.8 Å². The van der Waals surface area contributed by atoms with E-state index in [0.717, 1.165) is 25.7 Å². The Labute approximate surface area is 147 Å². The molecule has 1 atom stereocenters. The largest absolute Gasteiger partial charge is 0.479 e. The molecule has 1 unspecified atom stereocenters. The van der Waals surface area contributed by atoms with Crippen LogP contribution in [0.5, 0.6) is 5.75 Å². The Hall–Kier alpha value is -0.680. The van der Waals surface area contributed by atoms with Crippen molar-refractivity contribution in [2.75, 3.05) is 0 Å². The van der Waals surface area contributed by atoms with Crippen molar-refractivity contribution >= 4 is 41.5 Å². The highest BCUT2D eigenvalue weighted by atomic mass is 35.5. The number of nitrogens with one attached hydrogen (secondary N) is 1. The first-order valence-electron chi connectivity index (χ1n) is 7.14. The van der Waals surface area contributed by atoms with Gasteiger partial charge in [-0.2, -0.15) is 0 Å². The second kappa shape index (κ2) is 8.82. The van der Waals surface area contributed by atoms with Crippen LogP contribution < -0.4 is 15.8 Å². The van der Waals surface area contributed by atoms with Gasteiger partial charge >= 0.3 is 0 Å². The zero-order chi connectivity index (χ0) is 15.4. The van der Waals surface area contributed by atoms with E-state index in [1.165, 1.54) is 0 Å². The third-order valence-corrected chi connectivity index (χ3v) is 4.51. The molecule has 1 saturated carbocycles.